The third kappa shape index (κ3) is 6.24. The van der Waals surface area contributed by atoms with Gasteiger partial charge in [-0.2, -0.15) is 5.26 Å². The fraction of sp³-hybridized carbons (Fsp3) is 0.120. The van der Waals surface area contributed by atoms with Gasteiger partial charge in [0.25, 0.3) is 5.91 Å². The van der Waals surface area contributed by atoms with Crippen LogP contribution in [0.3, 0.4) is 0 Å². The lowest BCUT2D eigenvalue weighted by atomic mass is 10.1. The van der Waals surface area contributed by atoms with Gasteiger partial charge in [-0.15, -0.1) is 0 Å². The molecule has 0 fully saturated rings. The van der Waals surface area contributed by atoms with E-state index in [9.17, 15) is 10.1 Å². The highest BCUT2D eigenvalue weighted by Crippen LogP contribution is 2.31. The van der Waals surface area contributed by atoms with Gasteiger partial charge < -0.3 is 10.1 Å². The molecule has 0 atom stereocenters. The summed E-state index contributed by atoms with van der Waals surface area (Å²) in [5.41, 5.74) is 4.35. The number of nitriles is 1. The number of rotatable bonds is 6. The van der Waals surface area contributed by atoms with Gasteiger partial charge in [0, 0.05) is 0 Å². The molecule has 0 radical (unpaired) electrons. The molecule has 0 aliphatic heterocycles. The predicted octanol–water partition coefficient (Wildman–Crippen LogP) is 7.29. The molecule has 0 aliphatic rings. The van der Waals surface area contributed by atoms with Gasteiger partial charge in [0.15, 0.2) is 0 Å². The zero-order valence-electron chi connectivity index (χ0n) is 17.4. The van der Waals surface area contributed by atoms with Crippen molar-refractivity contribution in [1.29, 1.82) is 5.26 Å². The number of nitrogens with one attached hydrogen (secondary N) is 1. The summed E-state index contributed by atoms with van der Waals surface area (Å²) in [6.07, 6.45) is 1.57. The summed E-state index contributed by atoms with van der Waals surface area (Å²) >= 11 is 10.6. The van der Waals surface area contributed by atoms with Crippen LogP contribution in [0.5, 0.6) is 5.75 Å². The van der Waals surface area contributed by atoms with Gasteiger partial charge in [-0.1, -0.05) is 53.6 Å². The van der Waals surface area contributed by atoms with Gasteiger partial charge >= 0.3 is 0 Å². The molecule has 3 rings (SSSR count). The van der Waals surface area contributed by atoms with Crippen molar-refractivity contribution in [3.63, 3.8) is 0 Å². The first-order chi connectivity index (χ1) is 15.3. The number of halogens is 3. The van der Waals surface area contributed by atoms with E-state index in [1.165, 1.54) is 5.56 Å². The average Bonchev–Trinajstić information content (AvgIpc) is 2.75. The molecular formula is C25H19ClI2N2O2. The lowest BCUT2D eigenvalue weighted by molar-refractivity contribution is -0.112. The maximum Gasteiger partial charge on any atom is 0.266 e. The quantitative estimate of drug-likeness (QED) is 0.171. The minimum atomic E-state index is -0.506. The molecule has 0 heterocycles. The number of hydrogen-bond acceptors (Lipinski definition) is 3. The first-order valence-corrected chi connectivity index (χ1v) is 12.2. The van der Waals surface area contributed by atoms with Crippen LogP contribution < -0.4 is 10.1 Å². The van der Waals surface area contributed by atoms with Crippen LogP contribution in [-0.4, -0.2) is 5.91 Å². The smallest absolute Gasteiger partial charge is 0.266 e. The molecule has 32 heavy (non-hydrogen) atoms. The standard InChI is InChI=1S/C25H19ClI2N2O2/c1-15-6-8-17(9-7-15)14-32-24-21(27)11-18(12-22(24)28)10-19(13-29)25(31)30-23-16(2)4-3-5-20(23)26/h3-12H,14H2,1-2H3,(H,30,31)/b19-10+. The Morgan fingerprint density at radius 3 is 2.38 bits per heavy atom. The van der Waals surface area contributed by atoms with Crippen molar-refractivity contribution >= 4 is 74.5 Å². The number of carbonyl (C=O) groups excluding carboxylic acids is 1. The summed E-state index contributed by atoms with van der Waals surface area (Å²) in [4.78, 5) is 12.7. The third-order valence-corrected chi connectivity index (χ3v) is 6.58. The Morgan fingerprint density at radius 2 is 1.78 bits per heavy atom. The fourth-order valence-corrected chi connectivity index (χ4v) is 5.32. The van der Waals surface area contributed by atoms with E-state index < -0.39 is 5.91 Å². The normalized spacial score (nSPS) is 11.1. The van der Waals surface area contributed by atoms with Crippen LogP contribution in [-0.2, 0) is 11.4 Å². The van der Waals surface area contributed by atoms with Crippen molar-refractivity contribution in [2.45, 2.75) is 20.5 Å². The van der Waals surface area contributed by atoms with Crippen LogP contribution in [0.25, 0.3) is 6.08 Å². The Bertz CT molecular complexity index is 1190. The number of aryl methyl sites for hydroxylation is 2. The predicted molar refractivity (Wildman–Crippen MR) is 146 cm³/mol. The second kappa shape index (κ2) is 11.2. The summed E-state index contributed by atoms with van der Waals surface area (Å²) < 4.78 is 7.83. The van der Waals surface area contributed by atoms with E-state index in [4.69, 9.17) is 16.3 Å². The number of amides is 1. The van der Waals surface area contributed by atoms with Crippen LogP contribution >= 0.6 is 56.8 Å². The lowest BCUT2D eigenvalue weighted by Crippen LogP contribution is -2.14. The van der Waals surface area contributed by atoms with Crippen molar-refractivity contribution in [2.24, 2.45) is 0 Å². The Kier molecular flexibility index (Phi) is 8.57. The largest absolute Gasteiger partial charge is 0.487 e. The van der Waals surface area contributed by atoms with E-state index in [-0.39, 0.29) is 5.57 Å². The number of carbonyl (C=O) groups is 1. The summed E-state index contributed by atoms with van der Waals surface area (Å²) in [5, 5.41) is 12.7. The first-order valence-electron chi connectivity index (χ1n) is 9.64. The van der Waals surface area contributed by atoms with E-state index in [2.05, 4.69) is 62.6 Å². The van der Waals surface area contributed by atoms with E-state index in [0.29, 0.717) is 17.3 Å². The molecule has 0 spiro atoms. The molecule has 0 bridgehead atoms. The second-order valence-electron chi connectivity index (χ2n) is 7.14. The molecule has 0 unspecified atom stereocenters. The molecule has 4 nitrogen and oxygen atoms in total. The van der Waals surface area contributed by atoms with E-state index in [1.54, 1.807) is 18.2 Å². The monoisotopic (exact) mass is 668 g/mol. The van der Waals surface area contributed by atoms with Crippen molar-refractivity contribution in [3.8, 4) is 11.8 Å². The van der Waals surface area contributed by atoms with Gasteiger partial charge in [-0.3, -0.25) is 4.79 Å². The molecule has 1 amide bonds. The number of nitrogens with zero attached hydrogens (tertiary/aromatic N) is 1. The van der Waals surface area contributed by atoms with Gasteiger partial charge in [-0.25, -0.2) is 0 Å². The molecule has 0 aromatic heterocycles. The Balaban J connectivity index is 1.79. The van der Waals surface area contributed by atoms with Crippen LogP contribution in [0.4, 0.5) is 5.69 Å². The minimum Gasteiger partial charge on any atom is -0.487 e. The summed E-state index contributed by atoms with van der Waals surface area (Å²) in [7, 11) is 0. The van der Waals surface area contributed by atoms with Gasteiger partial charge in [-0.05, 0) is 100.0 Å². The highest BCUT2D eigenvalue weighted by molar-refractivity contribution is 14.1. The first kappa shape index (κ1) is 24.6. The second-order valence-corrected chi connectivity index (χ2v) is 9.88. The summed E-state index contributed by atoms with van der Waals surface area (Å²) in [5.74, 6) is 0.270. The highest BCUT2D eigenvalue weighted by atomic mass is 127. The maximum atomic E-state index is 12.7. The number of para-hydroxylation sites is 1. The summed E-state index contributed by atoms with van der Waals surface area (Å²) in [6.45, 7) is 4.36. The Hall–Kier alpha value is -2.09. The molecule has 0 aliphatic carbocycles. The molecule has 7 heteroatoms. The van der Waals surface area contributed by atoms with E-state index in [0.717, 1.165) is 29.6 Å². The van der Waals surface area contributed by atoms with Crippen molar-refractivity contribution < 1.29 is 9.53 Å². The molecule has 0 saturated heterocycles. The van der Waals surface area contributed by atoms with Crippen LogP contribution in [0.15, 0.2) is 60.2 Å². The number of hydrogen-bond donors (Lipinski definition) is 1. The maximum absolute atomic E-state index is 12.7. The Labute approximate surface area is 219 Å². The van der Waals surface area contributed by atoms with Crippen molar-refractivity contribution in [2.75, 3.05) is 5.32 Å². The van der Waals surface area contributed by atoms with Crippen molar-refractivity contribution in [3.05, 3.63) is 94.6 Å². The molecule has 3 aromatic rings. The lowest BCUT2D eigenvalue weighted by Gasteiger charge is -2.12. The molecule has 0 saturated carbocycles. The van der Waals surface area contributed by atoms with Crippen LogP contribution in [0, 0.1) is 32.3 Å². The number of benzene rings is 3. The van der Waals surface area contributed by atoms with Crippen molar-refractivity contribution in [1.82, 2.24) is 0 Å². The molecule has 162 valence electrons. The molecular weight excluding hydrogens is 650 g/mol. The molecule has 1 N–H and O–H groups in total. The zero-order chi connectivity index (χ0) is 23.3. The topological polar surface area (TPSA) is 62.1 Å². The zero-order valence-corrected chi connectivity index (χ0v) is 22.4. The van der Waals surface area contributed by atoms with E-state index in [1.807, 2.05) is 50.2 Å². The van der Waals surface area contributed by atoms with E-state index >= 15 is 0 Å². The summed E-state index contributed by atoms with van der Waals surface area (Å²) in [6, 6.07) is 19.3. The SMILES string of the molecule is Cc1ccc(COc2c(I)cc(/C=C(\C#N)C(=O)Nc3c(C)cccc3Cl)cc2I)cc1. The van der Waals surface area contributed by atoms with Crippen LogP contribution in [0.2, 0.25) is 5.02 Å². The van der Waals surface area contributed by atoms with Crippen LogP contribution in [0.1, 0.15) is 22.3 Å². The fourth-order valence-electron chi connectivity index (χ4n) is 2.93. The number of ether oxygens (including phenoxy) is 1. The molecule has 3 aromatic carbocycles. The Morgan fingerprint density at radius 1 is 1.12 bits per heavy atom. The van der Waals surface area contributed by atoms with Gasteiger partial charge in [0.05, 0.1) is 17.9 Å². The van der Waals surface area contributed by atoms with Gasteiger partial charge in [0.1, 0.15) is 24.0 Å². The minimum absolute atomic E-state index is 0.00996. The highest BCUT2D eigenvalue weighted by Gasteiger charge is 2.15. The number of anilines is 1. The van der Waals surface area contributed by atoms with Gasteiger partial charge in [0.2, 0.25) is 0 Å². The average molecular weight is 669 g/mol. The third-order valence-electron chi connectivity index (χ3n) is 4.66.